The van der Waals surface area contributed by atoms with Crippen molar-refractivity contribution in [1.82, 2.24) is 9.29 Å². The van der Waals surface area contributed by atoms with Crippen molar-refractivity contribution in [3.05, 3.63) is 36.2 Å². The van der Waals surface area contributed by atoms with Crippen LogP contribution in [0.1, 0.15) is 51.2 Å². The van der Waals surface area contributed by atoms with Gasteiger partial charge in [-0.2, -0.15) is 4.31 Å². The fourth-order valence-corrected chi connectivity index (χ4v) is 4.14. The molecule has 120 valence electrons. The van der Waals surface area contributed by atoms with Crippen LogP contribution in [0, 0.1) is 0 Å². The number of oxazole rings is 1. The maximum absolute atomic E-state index is 12.6. The molecule has 0 amide bonds. The standard InChI is InChI=1S/C15H20N2O4S/c1-15(2,3)12-10-21-14(16-12)11-6-4-8-17(11)22(18,19)13-7-5-9-20-13/h5,7,9-11H,4,6,8H2,1-3H3/t11-/m1/s1. The summed E-state index contributed by atoms with van der Waals surface area (Å²) in [5, 5.41) is -0.0398. The Hall–Kier alpha value is -1.60. The molecule has 0 bridgehead atoms. The molecule has 0 spiro atoms. The van der Waals surface area contributed by atoms with E-state index in [1.807, 2.05) is 20.8 Å². The Bertz CT molecular complexity index is 741. The zero-order valence-corrected chi connectivity index (χ0v) is 13.8. The maximum atomic E-state index is 12.6. The molecule has 1 fully saturated rings. The molecule has 3 heterocycles. The minimum absolute atomic E-state index is 0.0398. The van der Waals surface area contributed by atoms with Gasteiger partial charge in [-0.1, -0.05) is 20.8 Å². The molecule has 2 aromatic rings. The molecule has 0 saturated carbocycles. The lowest BCUT2D eigenvalue weighted by atomic mass is 9.93. The lowest BCUT2D eigenvalue weighted by Crippen LogP contribution is -2.30. The molecule has 0 radical (unpaired) electrons. The summed E-state index contributed by atoms with van der Waals surface area (Å²) >= 11 is 0. The van der Waals surface area contributed by atoms with Crippen molar-refractivity contribution in [1.29, 1.82) is 0 Å². The molecule has 0 aliphatic carbocycles. The van der Waals surface area contributed by atoms with Crippen molar-refractivity contribution in [2.24, 2.45) is 0 Å². The van der Waals surface area contributed by atoms with E-state index < -0.39 is 10.0 Å². The van der Waals surface area contributed by atoms with E-state index in [0.29, 0.717) is 18.9 Å². The Kier molecular flexibility index (Phi) is 3.65. The first kappa shape index (κ1) is 15.3. The van der Waals surface area contributed by atoms with Gasteiger partial charge in [0.05, 0.1) is 12.0 Å². The predicted molar refractivity (Wildman–Crippen MR) is 79.8 cm³/mol. The lowest BCUT2D eigenvalue weighted by Gasteiger charge is -2.20. The van der Waals surface area contributed by atoms with Gasteiger partial charge in [0.1, 0.15) is 12.3 Å². The number of hydrogen-bond acceptors (Lipinski definition) is 5. The van der Waals surface area contributed by atoms with Crippen molar-refractivity contribution >= 4 is 10.0 Å². The summed E-state index contributed by atoms with van der Waals surface area (Å²) in [6.07, 6.45) is 4.45. The van der Waals surface area contributed by atoms with Gasteiger partial charge in [-0.05, 0) is 25.0 Å². The Morgan fingerprint density at radius 2 is 2.09 bits per heavy atom. The first-order chi connectivity index (χ1) is 10.3. The summed E-state index contributed by atoms with van der Waals surface area (Å²) in [4.78, 5) is 4.51. The Labute approximate surface area is 130 Å². The van der Waals surface area contributed by atoms with Crippen LogP contribution < -0.4 is 0 Å². The van der Waals surface area contributed by atoms with Crippen molar-refractivity contribution in [3.8, 4) is 0 Å². The molecule has 1 aliphatic rings. The number of nitrogens with zero attached hydrogens (tertiary/aromatic N) is 2. The third-order valence-electron chi connectivity index (χ3n) is 3.84. The van der Waals surface area contributed by atoms with E-state index >= 15 is 0 Å². The second-order valence-electron chi connectivity index (χ2n) is 6.53. The van der Waals surface area contributed by atoms with Gasteiger partial charge in [0.15, 0.2) is 0 Å². The molecular weight excluding hydrogens is 304 g/mol. The fourth-order valence-electron chi connectivity index (χ4n) is 2.59. The largest absolute Gasteiger partial charge is 0.452 e. The van der Waals surface area contributed by atoms with E-state index in [1.54, 1.807) is 12.3 Å². The minimum Gasteiger partial charge on any atom is -0.452 e. The highest BCUT2D eigenvalue weighted by Crippen LogP contribution is 2.37. The normalized spacial score (nSPS) is 20.6. The molecule has 0 unspecified atom stereocenters. The monoisotopic (exact) mass is 324 g/mol. The Balaban J connectivity index is 1.93. The first-order valence-corrected chi connectivity index (χ1v) is 8.75. The van der Waals surface area contributed by atoms with Crippen molar-refractivity contribution in [3.63, 3.8) is 0 Å². The van der Waals surface area contributed by atoms with Gasteiger partial charge < -0.3 is 8.83 Å². The third kappa shape index (κ3) is 2.59. The van der Waals surface area contributed by atoms with Crippen LogP contribution in [0.3, 0.4) is 0 Å². The molecule has 2 aromatic heterocycles. The average Bonchev–Trinajstić information content (AvgIpc) is 3.18. The van der Waals surface area contributed by atoms with E-state index in [9.17, 15) is 8.42 Å². The second kappa shape index (κ2) is 5.24. The van der Waals surface area contributed by atoms with Crippen molar-refractivity contribution in [2.75, 3.05) is 6.54 Å². The van der Waals surface area contributed by atoms with E-state index in [4.69, 9.17) is 8.83 Å². The van der Waals surface area contributed by atoms with E-state index in [2.05, 4.69) is 4.98 Å². The number of hydrogen-bond donors (Lipinski definition) is 0. The molecular formula is C15H20N2O4S. The number of aromatic nitrogens is 1. The lowest BCUT2D eigenvalue weighted by molar-refractivity contribution is 0.319. The van der Waals surface area contributed by atoms with Crippen molar-refractivity contribution < 1.29 is 17.3 Å². The summed E-state index contributed by atoms with van der Waals surface area (Å²) in [6.45, 7) is 6.57. The van der Waals surface area contributed by atoms with Gasteiger partial charge in [0.25, 0.3) is 10.0 Å². The van der Waals surface area contributed by atoms with Gasteiger partial charge in [0, 0.05) is 12.0 Å². The van der Waals surface area contributed by atoms with Crippen LogP contribution >= 0.6 is 0 Å². The molecule has 3 rings (SSSR count). The molecule has 6 nitrogen and oxygen atoms in total. The molecule has 1 atom stereocenters. The predicted octanol–water partition coefficient (Wildman–Crippen LogP) is 3.09. The van der Waals surface area contributed by atoms with Crippen molar-refractivity contribution in [2.45, 2.75) is 50.2 Å². The summed E-state index contributed by atoms with van der Waals surface area (Å²) in [7, 11) is -3.65. The van der Waals surface area contributed by atoms with Gasteiger partial charge in [0.2, 0.25) is 11.0 Å². The van der Waals surface area contributed by atoms with Crippen LogP contribution in [0.5, 0.6) is 0 Å². The fraction of sp³-hybridized carbons (Fsp3) is 0.533. The van der Waals surface area contributed by atoms with Crippen LogP contribution in [-0.4, -0.2) is 24.3 Å². The molecule has 1 saturated heterocycles. The van der Waals surface area contributed by atoms with Crippen LogP contribution in [-0.2, 0) is 15.4 Å². The highest BCUT2D eigenvalue weighted by Gasteiger charge is 2.40. The van der Waals surface area contributed by atoms with Gasteiger partial charge >= 0.3 is 0 Å². The number of sulfonamides is 1. The quantitative estimate of drug-likeness (QED) is 0.867. The molecule has 22 heavy (non-hydrogen) atoms. The van der Waals surface area contributed by atoms with Crippen LogP contribution in [0.15, 0.2) is 38.6 Å². The topological polar surface area (TPSA) is 76.6 Å². The SMILES string of the molecule is CC(C)(C)c1coc([C@H]2CCCN2S(=O)(=O)c2ccco2)n1. The summed E-state index contributed by atoms with van der Waals surface area (Å²) in [6, 6.07) is 2.66. The molecule has 7 heteroatoms. The Morgan fingerprint density at radius 3 is 2.68 bits per heavy atom. The molecule has 1 aliphatic heterocycles. The van der Waals surface area contributed by atoms with Gasteiger partial charge in [-0.15, -0.1) is 0 Å². The van der Waals surface area contributed by atoms with Crippen LogP contribution in [0.2, 0.25) is 0 Å². The van der Waals surface area contributed by atoms with E-state index in [-0.39, 0.29) is 16.5 Å². The zero-order valence-electron chi connectivity index (χ0n) is 12.9. The highest BCUT2D eigenvalue weighted by molar-refractivity contribution is 7.89. The Morgan fingerprint density at radius 1 is 1.32 bits per heavy atom. The molecule has 0 N–H and O–H groups in total. The summed E-state index contributed by atoms with van der Waals surface area (Å²) in [5.41, 5.74) is 0.690. The molecule has 0 aromatic carbocycles. The van der Waals surface area contributed by atoms with E-state index in [1.165, 1.54) is 16.6 Å². The third-order valence-corrected chi connectivity index (χ3v) is 5.63. The average molecular weight is 324 g/mol. The maximum Gasteiger partial charge on any atom is 0.277 e. The summed E-state index contributed by atoms with van der Waals surface area (Å²) in [5.74, 6) is 0.456. The number of rotatable bonds is 3. The number of furan rings is 1. The second-order valence-corrected chi connectivity index (χ2v) is 8.35. The van der Waals surface area contributed by atoms with Crippen LogP contribution in [0.25, 0.3) is 0 Å². The van der Waals surface area contributed by atoms with E-state index in [0.717, 1.165) is 12.1 Å². The summed E-state index contributed by atoms with van der Waals surface area (Å²) < 4.78 is 37.4. The first-order valence-electron chi connectivity index (χ1n) is 7.31. The smallest absolute Gasteiger partial charge is 0.277 e. The minimum atomic E-state index is -3.65. The zero-order chi connectivity index (χ0) is 16.0. The van der Waals surface area contributed by atoms with Gasteiger partial charge in [-0.3, -0.25) is 0 Å². The highest BCUT2D eigenvalue weighted by atomic mass is 32.2. The van der Waals surface area contributed by atoms with Gasteiger partial charge in [-0.25, -0.2) is 13.4 Å². The van der Waals surface area contributed by atoms with Crippen LogP contribution in [0.4, 0.5) is 0 Å².